The summed E-state index contributed by atoms with van der Waals surface area (Å²) in [6.45, 7) is 6.49. The Kier molecular flexibility index (Phi) is 4.04. The molecule has 19 heavy (non-hydrogen) atoms. The molecule has 1 N–H and O–H groups in total. The van der Waals surface area contributed by atoms with Crippen molar-refractivity contribution in [2.75, 3.05) is 31.1 Å². The van der Waals surface area contributed by atoms with E-state index in [1.54, 1.807) is 0 Å². The van der Waals surface area contributed by atoms with Crippen LogP contribution in [0.15, 0.2) is 18.3 Å². The quantitative estimate of drug-likeness (QED) is 0.887. The first-order chi connectivity index (χ1) is 9.11. The largest absolute Gasteiger partial charge is 0.465 e. The summed E-state index contributed by atoms with van der Waals surface area (Å²) in [4.78, 5) is 19.0. The maximum Gasteiger partial charge on any atom is 0.407 e. The van der Waals surface area contributed by atoms with Crippen LogP contribution < -0.4 is 4.90 Å². The number of hydrogen-bond acceptors (Lipinski definition) is 3. The van der Waals surface area contributed by atoms with Gasteiger partial charge in [-0.15, -0.1) is 0 Å². The molecule has 0 spiro atoms. The number of allylic oxidation sites excluding steroid dienone is 1. The Balaban J connectivity index is 2.09. The van der Waals surface area contributed by atoms with E-state index >= 15 is 0 Å². The van der Waals surface area contributed by atoms with Gasteiger partial charge in [0.15, 0.2) is 0 Å². The fourth-order valence-electron chi connectivity index (χ4n) is 2.31. The Bertz CT molecular complexity index is 491. The Labute approximate surface area is 113 Å². The summed E-state index contributed by atoms with van der Waals surface area (Å²) >= 11 is 0. The van der Waals surface area contributed by atoms with Crippen LogP contribution in [0.3, 0.4) is 0 Å². The van der Waals surface area contributed by atoms with Crippen LogP contribution in [0.2, 0.25) is 0 Å². The topological polar surface area (TPSA) is 56.7 Å². The number of nitrogens with zero attached hydrogens (tertiary/aromatic N) is 3. The van der Waals surface area contributed by atoms with Gasteiger partial charge in [0.25, 0.3) is 0 Å². The standard InChI is InChI=1S/C14H19N3O2/c1-3-4-12-9-11(2)13(15-10-12)16-5-7-17(8-6-16)14(18)19/h3-4,9-10H,5-8H2,1-2H3,(H,18,19). The minimum atomic E-state index is -0.840. The average molecular weight is 261 g/mol. The van der Waals surface area contributed by atoms with E-state index < -0.39 is 6.09 Å². The molecule has 1 fully saturated rings. The highest BCUT2D eigenvalue weighted by atomic mass is 16.4. The molecule has 5 nitrogen and oxygen atoms in total. The van der Waals surface area contributed by atoms with Crippen molar-refractivity contribution in [3.05, 3.63) is 29.5 Å². The van der Waals surface area contributed by atoms with Gasteiger partial charge in [-0.25, -0.2) is 9.78 Å². The van der Waals surface area contributed by atoms with Gasteiger partial charge in [0.05, 0.1) is 0 Å². The van der Waals surface area contributed by atoms with Crippen LogP contribution in [0.25, 0.3) is 6.08 Å². The zero-order valence-corrected chi connectivity index (χ0v) is 11.3. The lowest BCUT2D eigenvalue weighted by Gasteiger charge is -2.34. The predicted octanol–water partition coefficient (Wildman–Crippen LogP) is 2.22. The number of amides is 1. The lowest BCUT2D eigenvalue weighted by Crippen LogP contribution is -2.48. The van der Waals surface area contributed by atoms with E-state index in [1.165, 1.54) is 4.90 Å². The van der Waals surface area contributed by atoms with Crippen molar-refractivity contribution in [1.29, 1.82) is 0 Å². The third-order valence-corrected chi connectivity index (χ3v) is 3.28. The zero-order chi connectivity index (χ0) is 13.8. The molecule has 0 aliphatic carbocycles. The molecule has 0 saturated carbocycles. The van der Waals surface area contributed by atoms with Crippen molar-refractivity contribution in [3.63, 3.8) is 0 Å². The summed E-state index contributed by atoms with van der Waals surface area (Å²) in [6, 6.07) is 2.10. The molecule has 2 heterocycles. The molecule has 1 aromatic heterocycles. The van der Waals surface area contributed by atoms with Crippen molar-refractivity contribution >= 4 is 18.0 Å². The van der Waals surface area contributed by atoms with E-state index in [0.29, 0.717) is 26.2 Å². The molecule has 5 heteroatoms. The molecule has 1 aromatic rings. The molecule has 1 saturated heterocycles. The van der Waals surface area contributed by atoms with Gasteiger partial charge in [0, 0.05) is 32.4 Å². The molecular formula is C14H19N3O2. The molecule has 0 bridgehead atoms. The second-order valence-electron chi connectivity index (χ2n) is 4.67. The van der Waals surface area contributed by atoms with Crippen molar-refractivity contribution in [1.82, 2.24) is 9.88 Å². The highest BCUT2D eigenvalue weighted by molar-refractivity contribution is 5.65. The van der Waals surface area contributed by atoms with E-state index in [9.17, 15) is 4.79 Å². The second-order valence-corrected chi connectivity index (χ2v) is 4.67. The van der Waals surface area contributed by atoms with Crippen LogP contribution in [-0.4, -0.2) is 47.3 Å². The molecule has 1 aliphatic heterocycles. The molecule has 0 radical (unpaired) electrons. The molecule has 0 unspecified atom stereocenters. The van der Waals surface area contributed by atoms with Gasteiger partial charge in [-0.05, 0) is 31.0 Å². The number of pyridine rings is 1. The van der Waals surface area contributed by atoms with Crippen LogP contribution in [0.4, 0.5) is 10.6 Å². The zero-order valence-electron chi connectivity index (χ0n) is 11.3. The number of hydrogen-bond donors (Lipinski definition) is 1. The molecular weight excluding hydrogens is 242 g/mol. The minimum absolute atomic E-state index is 0.535. The number of rotatable bonds is 2. The highest BCUT2D eigenvalue weighted by Gasteiger charge is 2.21. The molecule has 0 atom stereocenters. The monoisotopic (exact) mass is 261 g/mol. The summed E-state index contributed by atoms with van der Waals surface area (Å²) in [6.07, 6.45) is 5.02. The van der Waals surface area contributed by atoms with Gasteiger partial charge in [-0.3, -0.25) is 0 Å². The SMILES string of the molecule is CC=Cc1cnc(N2CCN(C(=O)O)CC2)c(C)c1. The first kappa shape index (κ1) is 13.4. The lowest BCUT2D eigenvalue weighted by atomic mass is 10.1. The van der Waals surface area contributed by atoms with Crippen LogP contribution in [-0.2, 0) is 0 Å². The van der Waals surface area contributed by atoms with E-state index in [4.69, 9.17) is 5.11 Å². The van der Waals surface area contributed by atoms with Crippen LogP contribution in [0.5, 0.6) is 0 Å². The Morgan fingerprint density at radius 2 is 2.05 bits per heavy atom. The summed E-state index contributed by atoms with van der Waals surface area (Å²) in [7, 11) is 0. The molecule has 2 rings (SSSR count). The number of anilines is 1. The van der Waals surface area contributed by atoms with Crippen LogP contribution in [0.1, 0.15) is 18.1 Å². The lowest BCUT2D eigenvalue weighted by molar-refractivity contribution is 0.142. The van der Waals surface area contributed by atoms with Crippen molar-refractivity contribution < 1.29 is 9.90 Å². The van der Waals surface area contributed by atoms with Gasteiger partial charge in [0.2, 0.25) is 0 Å². The number of carboxylic acid groups (broad SMARTS) is 1. The van der Waals surface area contributed by atoms with E-state index in [0.717, 1.165) is 16.9 Å². The van der Waals surface area contributed by atoms with Crippen LogP contribution >= 0.6 is 0 Å². The fraction of sp³-hybridized carbons (Fsp3) is 0.429. The summed E-state index contributed by atoms with van der Waals surface area (Å²) < 4.78 is 0. The van der Waals surface area contributed by atoms with Crippen molar-refractivity contribution in [2.24, 2.45) is 0 Å². The van der Waals surface area contributed by atoms with Crippen molar-refractivity contribution in [3.8, 4) is 0 Å². The number of carbonyl (C=O) groups is 1. The van der Waals surface area contributed by atoms with Gasteiger partial charge in [0.1, 0.15) is 5.82 Å². The van der Waals surface area contributed by atoms with E-state index in [2.05, 4.69) is 16.0 Å². The highest BCUT2D eigenvalue weighted by Crippen LogP contribution is 2.20. The maximum absolute atomic E-state index is 10.9. The summed E-state index contributed by atoms with van der Waals surface area (Å²) in [5.41, 5.74) is 2.22. The normalized spacial score (nSPS) is 16.1. The molecule has 102 valence electrons. The van der Waals surface area contributed by atoms with Gasteiger partial charge in [-0.1, -0.05) is 12.2 Å². The Morgan fingerprint density at radius 1 is 1.37 bits per heavy atom. The number of aromatic nitrogens is 1. The second kappa shape index (κ2) is 5.73. The summed E-state index contributed by atoms with van der Waals surface area (Å²) in [5, 5.41) is 8.93. The van der Waals surface area contributed by atoms with Gasteiger partial charge >= 0.3 is 6.09 Å². The fourth-order valence-corrected chi connectivity index (χ4v) is 2.31. The minimum Gasteiger partial charge on any atom is -0.465 e. The third-order valence-electron chi connectivity index (χ3n) is 3.28. The molecule has 1 aliphatic rings. The summed E-state index contributed by atoms with van der Waals surface area (Å²) in [5.74, 6) is 0.957. The Morgan fingerprint density at radius 3 is 2.58 bits per heavy atom. The number of piperazine rings is 1. The predicted molar refractivity (Wildman–Crippen MR) is 75.5 cm³/mol. The Hall–Kier alpha value is -2.04. The third kappa shape index (κ3) is 3.05. The van der Waals surface area contributed by atoms with Crippen molar-refractivity contribution in [2.45, 2.75) is 13.8 Å². The van der Waals surface area contributed by atoms with Gasteiger partial charge < -0.3 is 14.9 Å². The first-order valence-corrected chi connectivity index (χ1v) is 6.44. The molecule has 1 amide bonds. The van der Waals surface area contributed by atoms with Gasteiger partial charge in [-0.2, -0.15) is 0 Å². The molecule has 0 aromatic carbocycles. The maximum atomic E-state index is 10.9. The average Bonchev–Trinajstić information content (AvgIpc) is 2.39. The smallest absolute Gasteiger partial charge is 0.407 e. The van der Waals surface area contributed by atoms with Crippen LogP contribution in [0, 0.1) is 6.92 Å². The van der Waals surface area contributed by atoms with E-state index in [1.807, 2.05) is 32.2 Å². The number of aryl methyl sites for hydroxylation is 1. The van der Waals surface area contributed by atoms with E-state index in [-0.39, 0.29) is 0 Å². The first-order valence-electron chi connectivity index (χ1n) is 6.44.